The van der Waals surface area contributed by atoms with E-state index in [1.807, 2.05) is 0 Å². The van der Waals surface area contributed by atoms with Gasteiger partial charge < -0.3 is 11.1 Å². The summed E-state index contributed by atoms with van der Waals surface area (Å²) in [4.78, 5) is 0. The zero-order valence-corrected chi connectivity index (χ0v) is 11.4. The lowest BCUT2D eigenvalue weighted by molar-refractivity contribution is 0.232. The van der Waals surface area contributed by atoms with Crippen LogP contribution in [0.25, 0.3) is 0 Å². The normalized spacial score (nSPS) is 25.9. The van der Waals surface area contributed by atoms with Crippen molar-refractivity contribution in [1.82, 2.24) is 5.32 Å². The van der Waals surface area contributed by atoms with Gasteiger partial charge in [-0.1, -0.05) is 50.1 Å². The molecule has 1 aliphatic rings. The van der Waals surface area contributed by atoms with Crippen LogP contribution in [0.1, 0.15) is 38.2 Å². The number of benzene rings is 1. The van der Waals surface area contributed by atoms with E-state index in [0.29, 0.717) is 6.04 Å². The molecule has 1 unspecified atom stereocenters. The number of hydrogen-bond acceptors (Lipinski definition) is 2. The lowest BCUT2D eigenvalue weighted by atomic mass is 9.79. The summed E-state index contributed by atoms with van der Waals surface area (Å²) in [6.45, 7) is 4.06. The fraction of sp³-hybridized carbons (Fsp3) is 0.625. The Morgan fingerprint density at radius 3 is 2.44 bits per heavy atom. The van der Waals surface area contributed by atoms with E-state index in [9.17, 15) is 0 Å². The lowest BCUT2D eigenvalue weighted by Crippen LogP contribution is -2.43. The summed E-state index contributed by atoms with van der Waals surface area (Å²) in [7, 11) is 0. The van der Waals surface area contributed by atoms with E-state index in [0.717, 1.165) is 24.9 Å². The smallest absolute Gasteiger partial charge is 0.0221 e. The minimum Gasteiger partial charge on any atom is -0.329 e. The van der Waals surface area contributed by atoms with Gasteiger partial charge in [0.25, 0.3) is 0 Å². The first-order valence-corrected chi connectivity index (χ1v) is 7.27. The Balaban J connectivity index is 1.82. The van der Waals surface area contributed by atoms with Crippen molar-refractivity contribution in [2.45, 2.75) is 45.2 Å². The molecule has 0 radical (unpaired) electrons. The maximum Gasteiger partial charge on any atom is 0.0221 e. The molecule has 100 valence electrons. The van der Waals surface area contributed by atoms with Gasteiger partial charge in [-0.25, -0.2) is 0 Å². The molecule has 18 heavy (non-hydrogen) atoms. The SMILES string of the molecule is CC1CCC(C(CN)NCc2ccccc2)CC1. The summed E-state index contributed by atoms with van der Waals surface area (Å²) in [5, 5.41) is 3.65. The molecule has 1 atom stereocenters. The summed E-state index contributed by atoms with van der Waals surface area (Å²) in [6.07, 6.45) is 5.41. The Hall–Kier alpha value is -0.860. The Morgan fingerprint density at radius 1 is 1.17 bits per heavy atom. The first kappa shape index (κ1) is 13.6. The molecule has 0 aliphatic heterocycles. The Kier molecular flexibility index (Phi) is 5.21. The highest BCUT2D eigenvalue weighted by atomic mass is 14.9. The molecule has 0 saturated heterocycles. The molecule has 2 rings (SSSR count). The number of nitrogens with one attached hydrogen (secondary N) is 1. The average molecular weight is 246 g/mol. The quantitative estimate of drug-likeness (QED) is 0.838. The number of nitrogens with two attached hydrogens (primary N) is 1. The minimum atomic E-state index is 0.484. The van der Waals surface area contributed by atoms with Crippen molar-refractivity contribution < 1.29 is 0 Å². The van der Waals surface area contributed by atoms with E-state index >= 15 is 0 Å². The van der Waals surface area contributed by atoms with E-state index in [1.54, 1.807) is 0 Å². The van der Waals surface area contributed by atoms with Gasteiger partial charge >= 0.3 is 0 Å². The van der Waals surface area contributed by atoms with Gasteiger partial charge in [0.05, 0.1) is 0 Å². The van der Waals surface area contributed by atoms with Crippen molar-refractivity contribution >= 4 is 0 Å². The lowest BCUT2D eigenvalue weighted by Gasteiger charge is -2.32. The zero-order chi connectivity index (χ0) is 12.8. The molecular formula is C16H26N2. The molecule has 1 aromatic carbocycles. The first-order chi connectivity index (χ1) is 8.79. The number of rotatable bonds is 5. The van der Waals surface area contributed by atoms with Crippen LogP contribution >= 0.6 is 0 Å². The van der Waals surface area contributed by atoms with Gasteiger partial charge in [-0.05, 0) is 30.2 Å². The van der Waals surface area contributed by atoms with Crippen LogP contribution in [-0.4, -0.2) is 12.6 Å². The largest absolute Gasteiger partial charge is 0.329 e. The highest BCUT2D eigenvalue weighted by Crippen LogP contribution is 2.30. The fourth-order valence-corrected chi connectivity index (χ4v) is 2.98. The van der Waals surface area contributed by atoms with Crippen LogP contribution < -0.4 is 11.1 Å². The van der Waals surface area contributed by atoms with Gasteiger partial charge in [-0.15, -0.1) is 0 Å². The van der Waals surface area contributed by atoms with Crippen LogP contribution in [0.4, 0.5) is 0 Å². The van der Waals surface area contributed by atoms with Crippen molar-refractivity contribution in [1.29, 1.82) is 0 Å². The predicted molar refractivity (Wildman–Crippen MR) is 77.2 cm³/mol. The maximum atomic E-state index is 5.94. The van der Waals surface area contributed by atoms with Gasteiger partial charge in [-0.2, -0.15) is 0 Å². The molecule has 1 aliphatic carbocycles. The van der Waals surface area contributed by atoms with Crippen molar-refractivity contribution in [2.75, 3.05) is 6.54 Å². The number of hydrogen-bond donors (Lipinski definition) is 2. The molecule has 1 saturated carbocycles. The van der Waals surface area contributed by atoms with Crippen molar-refractivity contribution in [2.24, 2.45) is 17.6 Å². The average Bonchev–Trinajstić information content (AvgIpc) is 2.42. The molecule has 0 spiro atoms. The highest BCUT2D eigenvalue weighted by molar-refractivity contribution is 5.14. The summed E-state index contributed by atoms with van der Waals surface area (Å²) in [5.74, 6) is 1.68. The first-order valence-electron chi connectivity index (χ1n) is 7.27. The molecule has 2 nitrogen and oxygen atoms in total. The molecule has 0 heterocycles. The van der Waals surface area contributed by atoms with Crippen molar-refractivity contribution in [3.8, 4) is 0 Å². The molecule has 1 fully saturated rings. The second-order valence-corrected chi connectivity index (χ2v) is 5.73. The van der Waals surface area contributed by atoms with Crippen molar-refractivity contribution in [3.05, 3.63) is 35.9 Å². The Bertz CT molecular complexity index is 328. The van der Waals surface area contributed by atoms with Crippen LogP contribution in [0.3, 0.4) is 0 Å². The second kappa shape index (κ2) is 6.91. The van der Waals surface area contributed by atoms with Crippen LogP contribution in [0.5, 0.6) is 0 Å². The Labute approximate surface area is 111 Å². The van der Waals surface area contributed by atoms with Crippen LogP contribution in [0.15, 0.2) is 30.3 Å². The van der Waals surface area contributed by atoms with Gasteiger partial charge in [0.1, 0.15) is 0 Å². The van der Waals surface area contributed by atoms with Gasteiger partial charge in [-0.3, -0.25) is 0 Å². The summed E-state index contributed by atoms with van der Waals surface area (Å²) in [5.41, 5.74) is 7.29. The van der Waals surface area contributed by atoms with Gasteiger partial charge in [0.2, 0.25) is 0 Å². The summed E-state index contributed by atoms with van der Waals surface area (Å²) < 4.78 is 0. The summed E-state index contributed by atoms with van der Waals surface area (Å²) in [6, 6.07) is 11.1. The zero-order valence-electron chi connectivity index (χ0n) is 11.4. The van der Waals surface area contributed by atoms with Crippen LogP contribution in [0.2, 0.25) is 0 Å². The Morgan fingerprint density at radius 2 is 1.83 bits per heavy atom. The fourth-order valence-electron chi connectivity index (χ4n) is 2.98. The monoisotopic (exact) mass is 246 g/mol. The topological polar surface area (TPSA) is 38.0 Å². The third-order valence-corrected chi connectivity index (χ3v) is 4.29. The molecule has 0 amide bonds. The minimum absolute atomic E-state index is 0.484. The molecule has 0 aromatic heterocycles. The highest BCUT2D eigenvalue weighted by Gasteiger charge is 2.24. The molecule has 1 aromatic rings. The van der Waals surface area contributed by atoms with Crippen molar-refractivity contribution in [3.63, 3.8) is 0 Å². The van der Waals surface area contributed by atoms with Crippen LogP contribution in [-0.2, 0) is 6.54 Å². The van der Waals surface area contributed by atoms with E-state index in [2.05, 4.69) is 42.6 Å². The van der Waals surface area contributed by atoms with Gasteiger partial charge in [0.15, 0.2) is 0 Å². The molecule has 0 bridgehead atoms. The predicted octanol–water partition coefficient (Wildman–Crippen LogP) is 2.93. The molecular weight excluding hydrogens is 220 g/mol. The second-order valence-electron chi connectivity index (χ2n) is 5.73. The third-order valence-electron chi connectivity index (χ3n) is 4.29. The van der Waals surface area contributed by atoms with E-state index < -0.39 is 0 Å². The van der Waals surface area contributed by atoms with E-state index in [1.165, 1.54) is 31.2 Å². The van der Waals surface area contributed by atoms with E-state index in [-0.39, 0.29) is 0 Å². The molecule has 2 heteroatoms. The summed E-state index contributed by atoms with van der Waals surface area (Å²) >= 11 is 0. The van der Waals surface area contributed by atoms with E-state index in [4.69, 9.17) is 5.73 Å². The van der Waals surface area contributed by atoms with Gasteiger partial charge in [0, 0.05) is 19.1 Å². The maximum absolute atomic E-state index is 5.94. The standard InChI is InChI=1S/C16H26N2/c1-13-7-9-15(10-8-13)16(11-17)18-12-14-5-3-2-4-6-14/h2-6,13,15-16,18H,7-12,17H2,1H3. The third kappa shape index (κ3) is 3.82. The molecule has 3 N–H and O–H groups in total. The van der Waals surface area contributed by atoms with Crippen LogP contribution in [0, 0.1) is 11.8 Å².